The van der Waals surface area contributed by atoms with Crippen LogP contribution in [0.5, 0.6) is 11.5 Å². The van der Waals surface area contributed by atoms with Crippen molar-refractivity contribution in [3.05, 3.63) is 59.0 Å². The number of hydrogen-bond acceptors (Lipinski definition) is 5. The highest BCUT2D eigenvalue weighted by Gasteiger charge is 2.16. The number of nitriles is 1. The van der Waals surface area contributed by atoms with Crippen molar-refractivity contribution in [2.75, 3.05) is 19.5 Å². The van der Waals surface area contributed by atoms with E-state index in [1.54, 1.807) is 21.1 Å². The Morgan fingerprint density at radius 1 is 1.15 bits per heavy atom. The molecule has 1 unspecified atom stereocenters. The van der Waals surface area contributed by atoms with Crippen molar-refractivity contribution < 1.29 is 13.9 Å². The molecule has 0 saturated heterocycles. The molecule has 138 valence electrons. The Hall–Kier alpha value is -3.33. The van der Waals surface area contributed by atoms with Crippen LogP contribution >= 0.6 is 0 Å². The summed E-state index contributed by atoms with van der Waals surface area (Å²) >= 11 is 0. The predicted molar refractivity (Wildman–Crippen MR) is 103 cm³/mol. The van der Waals surface area contributed by atoms with Crippen molar-refractivity contribution in [1.82, 2.24) is 4.98 Å². The smallest absolute Gasteiger partial charge is 0.161 e. The van der Waals surface area contributed by atoms with Gasteiger partial charge in [0.1, 0.15) is 11.9 Å². The molecule has 6 heteroatoms. The molecule has 1 atom stereocenters. The fraction of sp³-hybridized carbons (Fsp3) is 0.238. The summed E-state index contributed by atoms with van der Waals surface area (Å²) in [5.74, 6) is 0.891. The van der Waals surface area contributed by atoms with E-state index in [-0.39, 0.29) is 11.9 Å². The Bertz CT molecular complexity index is 1040. The molecule has 1 heterocycles. The number of anilines is 1. The molecule has 2 aromatic carbocycles. The molecule has 5 nitrogen and oxygen atoms in total. The first kappa shape index (κ1) is 18.5. The second-order valence-electron chi connectivity index (χ2n) is 6.26. The van der Waals surface area contributed by atoms with E-state index in [1.165, 1.54) is 18.3 Å². The molecule has 0 bridgehead atoms. The minimum atomic E-state index is -0.362. The molecule has 27 heavy (non-hydrogen) atoms. The molecule has 3 aromatic rings. The van der Waals surface area contributed by atoms with Crippen LogP contribution in [0.3, 0.4) is 0 Å². The zero-order valence-electron chi connectivity index (χ0n) is 15.6. The number of fused-ring (bicyclic) bond motifs is 1. The minimum absolute atomic E-state index is 0.161. The lowest BCUT2D eigenvalue weighted by Crippen LogP contribution is -2.09. The summed E-state index contributed by atoms with van der Waals surface area (Å²) in [6.45, 7) is 3.76. The zero-order chi connectivity index (χ0) is 19.6. The Morgan fingerprint density at radius 2 is 1.89 bits per heavy atom. The van der Waals surface area contributed by atoms with Gasteiger partial charge < -0.3 is 14.8 Å². The van der Waals surface area contributed by atoms with Crippen LogP contribution in [0.15, 0.2) is 36.5 Å². The summed E-state index contributed by atoms with van der Waals surface area (Å²) in [6, 6.07) is 10.4. The van der Waals surface area contributed by atoms with Crippen molar-refractivity contribution in [3.8, 4) is 17.6 Å². The van der Waals surface area contributed by atoms with Crippen molar-refractivity contribution in [2.45, 2.75) is 19.9 Å². The van der Waals surface area contributed by atoms with Gasteiger partial charge in [-0.2, -0.15) is 5.26 Å². The molecule has 1 aromatic heterocycles. The number of methoxy groups -OCH3 is 2. The van der Waals surface area contributed by atoms with E-state index in [1.807, 2.05) is 25.1 Å². The van der Waals surface area contributed by atoms with Gasteiger partial charge in [0.25, 0.3) is 0 Å². The normalized spacial score (nSPS) is 11.7. The van der Waals surface area contributed by atoms with E-state index in [0.29, 0.717) is 33.7 Å². The second-order valence-corrected chi connectivity index (χ2v) is 6.26. The molecule has 0 radical (unpaired) electrons. The molecule has 0 amide bonds. The van der Waals surface area contributed by atoms with Crippen molar-refractivity contribution >= 4 is 16.6 Å². The van der Waals surface area contributed by atoms with E-state index < -0.39 is 0 Å². The number of halogens is 1. The number of ether oxygens (including phenoxy) is 2. The zero-order valence-corrected chi connectivity index (χ0v) is 15.6. The van der Waals surface area contributed by atoms with Gasteiger partial charge in [-0.15, -0.1) is 0 Å². The average Bonchev–Trinajstić information content (AvgIpc) is 2.67. The topological polar surface area (TPSA) is 67.2 Å². The Morgan fingerprint density at radius 3 is 2.56 bits per heavy atom. The van der Waals surface area contributed by atoms with Crippen LogP contribution in [-0.4, -0.2) is 19.2 Å². The van der Waals surface area contributed by atoms with Crippen molar-refractivity contribution in [1.29, 1.82) is 5.26 Å². The molecule has 0 aliphatic carbocycles. The van der Waals surface area contributed by atoms with Crippen LogP contribution in [0.1, 0.15) is 29.7 Å². The SMILES string of the molecule is COc1ccc(C(C)Nc2c(C#N)cnc3c(C)cc(F)cc23)cc1OC. The summed E-state index contributed by atoms with van der Waals surface area (Å²) in [6.07, 6.45) is 1.51. The van der Waals surface area contributed by atoms with E-state index in [2.05, 4.69) is 16.4 Å². The molecule has 0 aliphatic rings. The maximum absolute atomic E-state index is 14.0. The lowest BCUT2D eigenvalue weighted by Gasteiger charge is -2.20. The summed E-state index contributed by atoms with van der Waals surface area (Å²) in [5, 5.41) is 13.4. The quantitative estimate of drug-likeness (QED) is 0.707. The van der Waals surface area contributed by atoms with Gasteiger partial charge in [-0.25, -0.2) is 4.39 Å². The number of hydrogen-bond donors (Lipinski definition) is 1. The van der Waals surface area contributed by atoms with E-state index in [9.17, 15) is 9.65 Å². The Labute approximate surface area is 157 Å². The molecular formula is C21H20FN3O2. The highest BCUT2D eigenvalue weighted by molar-refractivity contribution is 5.95. The summed E-state index contributed by atoms with van der Waals surface area (Å²) in [7, 11) is 3.16. The number of nitrogens with zero attached hydrogens (tertiary/aromatic N) is 2. The number of nitrogens with one attached hydrogen (secondary N) is 1. The first-order chi connectivity index (χ1) is 13.0. The third-order valence-corrected chi connectivity index (χ3v) is 4.52. The minimum Gasteiger partial charge on any atom is -0.493 e. The van der Waals surface area contributed by atoms with E-state index in [4.69, 9.17) is 9.47 Å². The molecule has 0 fully saturated rings. The molecule has 1 N–H and O–H groups in total. The van der Waals surface area contributed by atoms with Gasteiger partial charge in [0.15, 0.2) is 11.5 Å². The van der Waals surface area contributed by atoms with E-state index >= 15 is 0 Å². The largest absolute Gasteiger partial charge is 0.493 e. The van der Waals surface area contributed by atoms with Crippen LogP contribution in [0, 0.1) is 24.1 Å². The van der Waals surface area contributed by atoms with E-state index in [0.717, 1.165) is 11.1 Å². The van der Waals surface area contributed by atoms with Gasteiger partial charge in [0.2, 0.25) is 0 Å². The van der Waals surface area contributed by atoms with Gasteiger partial charge in [0.05, 0.1) is 31.0 Å². The summed E-state index contributed by atoms with van der Waals surface area (Å²) < 4.78 is 24.6. The lowest BCUT2D eigenvalue weighted by atomic mass is 10.0. The number of rotatable bonds is 5. The van der Waals surface area contributed by atoms with Gasteiger partial charge in [-0.3, -0.25) is 4.98 Å². The standard InChI is InChI=1S/C21H20FN3O2/c1-12-7-16(22)9-17-20(12)24-11-15(10-23)21(17)25-13(2)14-5-6-18(26-3)19(8-14)27-4/h5-9,11,13H,1-4H3,(H,24,25). The van der Waals surface area contributed by atoms with Crippen molar-refractivity contribution in [3.63, 3.8) is 0 Å². The maximum atomic E-state index is 14.0. The summed E-state index contributed by atoms with van der Waals surface area (Å²) in [4.78, 5) is 4.32. The lowest BCUT2D eigenvalue weighted by molar-refractivity contribution is 0.354. The molecule has 0 saturated carbocycles. The molecule has 0 aliphatic heterocycles. The van der Waals surface area contributed by atoms with Crippen LogP contribution in [0.25, 0.3) is 10.9 Å². The van der Waals surface area contributed by atoms with Crippen molar-refractivity contribution in [2.24, 2.45) is 0 Å². The summed E-state index contributed by atoms with van der Waals surface area (Å²) in [5.41, 5.74) is 3.25. The fourth-order valence-corrected chi connectivity index (χ4v) is 3.10. The van der Waals surface area contributed by atoms with Gasteiger partial charge in [-0.05, 0) is 49.2 Å². The molecular weight excluding hydrogens is 345 g/mol. The van der Waals surface area contributed by atoms with Gasteiger partial charge in [0, 0.05) is 17.6 Å². The maximum Gasteiger partial charge on any atom is 0.161 e. The number of aromatic nitrogens is 1. The van der Waals surface area contributed by atoms with Crippen LogP contribution < -0.4 is 14.8 Å². The Kier molecular flexibility index (Phi) is 5.13. The molecule has 3 rings (SSSR count). The fourth-order valence-electron chi connectivity index (χ4n) is 3.10. The highest BCUT2D eigenvalue weighted by Crippen LogP contribution is 2.34. The Balaban J connectivity index is 2.07. The number of pyridine rings is 1. The van der Waals surface area contributed by atoms with Gasteiger partial charge >= 0.3 is 0 Å². The van der Waals surface area contributed by atoms with Gasteiger partial charge in [-0.1, -0.05) is 6.07 Å². The highest BCUT2D eigenvalue weighted by atomic mass is 19.1. The number of aryl methyl sites for hydroxylation is 1. The average molecular weight is 365 g/mol. The number of benzene rings is 2. The second kappa shape index (κ2) is 7.50. The molecule has 0 spiro atoms. The van der Waals surface area contributed by atoms with Crippen LogP contribution in [0.4, 0.5) is 10.1 Å². The van der Waals surface area contributed by atoms with Crippen LogP contribution in [0.2, 0.25) is 0 Å². The predicted octanol–water partition coefficient (Wildman–Crippen LogP) is 4.74. The third kappa shape index (κ3) is 3.49. The first-order valence-electron chi connectivity index (χ1n) is 8.46. The monoisotopic (exact) mass is 365 g/mol. The first-order valence-corrected chi connectivity index (χ1v) is 8.46. The third-order valence-electron chi connectivity index (χ3n) is 4.52. The van der Waals surface area contributed by atoms with Crippen LogP contribution in [-0.2, 0) is 0 Å².